The number of pyridine rings is 1. The van der Waals surface area contributed by atoms with Gasteiger partial charge >= 0.3 is 0 Å². The van der Waals surface area contributed by atoms with Gasteiger partial charge in [0.25, 0.3) is 0 Å². The van der Waals surface area contributed by atoms with E-state index in [4.69, 9.17) is 0 Å². The molecule has 2 heterocycles. The van der Waals surface area contributed by atoms with Gasteiger partial charge in [0.05, 0.1) is 0 Å². The highest BCUT2D eigenvalue weighted by atomic mass is 16.1. The van der Waals surface area contributed by atoms with E-state index in [9.17, 15) is 4.79 Å². The molecule has 3 nitrogen and oxygen atoms in total. The topological polar surface area (TPSA) is 42.0 Å². The van der Waals surface area contributed by atoms with E-state index in [0.29, 0.717) is 12.2 Å². The molecule has 3 heteroatoms. The number of rotatable bonds is 3. The zero-order chi connectivity index (χ0) is 9.10. The maximum Gasteiger partial charge on any atom is 0.142 e. The van der Waals surface area contributed by atoms with Crippen LogP contribution in [0.4, 0.5) is 0 Å². The largest absolute Gasteiger partial charge is 0.315 e. The van der Waals surface area contributed by atoms with E-state index < -0.39 is 0 Å². The molecule has 2 rings (SSSR count). The fourth-order valence-corrected chi connectivity index (χ4v) is 1.36. The highest BCUT2D eigenvalue weighted by Crippen LogP contribution is 2.08. The first-order chi connectivity index (χ1) is 6.36. The lowest BCUT2D eigenvalue weighted by atomic mass is 9.94. The van der Waals surface area contributed by atoms with Gasteiger partial charge in [0.2, 0.25) is 0 Å². The van der Waals surface area contributed by atoms with Gasteiger partial charge in [-0.05, 0) is 17.7 Å². The highest BCUT2D eigenvalue weighted by molar-refractivity contribution is 5.84. The van der Waals surface area contributed by atoms with Gasteiger partial charge in [-0.1, -0.05) is 0 Å². The lowest BCUT2D eigenvalue weighted by Gasteiger charge is -2.25. The van der Waals surface area contributed by atoms with E-state index in [1.807, 2.05) is 12.1 Å². The molecule has 0 saturated carbocycles. The minimum atomic E-state index is 0.244. The van der Waals surface area contributed by atoms with Crippen LogP contribution in [0.3, 0.4) is 0 Å². The van der Waals surface area contributed by atoms with E-state index >= 15 is 0 Å². The van der Waals surface area contributed by atoms with Gasteiger partial charge in [-0.3, -0.25) is 9.78 Å². The average Bonchev–Trinajstić information content (AvgIpc) is 2.02. The number of nitrogens with zero attached hydrogens (tertiary/aromatic N) is 1. The summed E-state index contributed by atoms with van der Waals surface area (Å²) in [5.41, 5.74) is 1.06. The summed E-state index contributed by atoms with van der Waals surface area (Å²) in [5.74, 6) is 0.582. The van der Waals surface area contributed by atoms with Crippen molar-refractivity contribution in [2.75, 3.05) is 13.1 Å². The Labute approximate surface area is 77.2 Å². The summed E-state index contributed by atoms with van der Waals surface area (Å²) >= 11 is 0. The van der Waals surface area contributed by atoms with Gasteiger partial charge in [-0.2, -0.15) is 0 Å². The number of carbonyl (C=O) groups is 1. The van der Waals surface area contributed by atoms with Crippen LogP contribution < -0.4 is 5.32 Å². The third kappa shape index (κ3) is 1.92. The van der Waals surface area contributed by atoms with Crippen LogP contribution in [-0.2, 0) is 11.2 Å². The van der Waals surface area contributed by atoms with Gasteiger partial charge < -0.3 is 5.32 Å². The molecule has 0 unspecified atom stereocenters. The van der Waals surface area contributed by atoms with Gasteiger partial charge in [-0.25, -0.2) is 0 Å². The van der Waals surface area contributed by atoms with Crippen LogP contribution in [-0.4, -0.2) is 23.9 Å². The molecular formula is C10H12N2O. The van der Waals surface area contributed by atoms with Crippen molar-refractivity contribution in [3.63, 3.8) is 0 Å². The van der Waals surface area contributed by atoms with E-state index in [1.165, 1.54) is 0 Å². The lowest BCUT2D eigenvalue weighted by molar-refractivity contribution is -0.123. The minimum Gasteiger partial charge on any atom is -0.315 e. The van der Waals surface area contributed by atoms with E-state index in [2.05, 4.69) is 10.3 Å². The molecule has 0 spiro atoms. The summed E-state index contributed by atoms with van der Waals surface area (Å²) in [6, 6.07) is 3.79. The summed E-state index contributed by atoms with van der Waals surface area (Å²) in [4.78, 5) is 15.4. The van der Waals surface area contributed by atoms with Gasteiger partial charge in [0.1, 0.15) is 5.78 Å². The van der Waals surface area contributed by atoms with Crippen LogP contribution >= 0.6 is 0 Å². The van der Waals surface area contributed by atoms with Crippen molar-refractivity contribution in [2.45, 2.75) is 6.42 Å². The van der Waals surface area contributed by atoms with Crippen LogP contribution in [0.2, 0.25) is 0 Å². The first-order valence-corrected chi connectivity index (χ1v) is 4.48. The normalized spacial score (nSPS) is 16.6. The minimum absolute atomic E-state index is 0.244. The molecule has 0 amide bonds. The molecular weight excluding hydrogens is 164 g/mol. The quantitative estimate of drug-likeness (QED) is 0.725. The SMILES string of the molecule is O=C(Cc1ccncc1)C1CNC1. The van der Waals surface area contributed by atoms with Gasteiger partial charge in [-0.15, -0.1) is 0 Å². The van der Waals surface area contributed by atoms with Crippen molar-refractivity contribution in [1.29, 1.82) is 0 Å². The molecule has 68 valence electrons. The Balaban J connectivity index is 1.94. The fourth-order valence-electron chi connectivity index (χ4n) is 1.36. The van der Waals surface area contributed by atoms with Gasteiger partial charge in [0, 0.05) is 37.8 Å². The molecule has 1 aromatic heterocycles. The molecule has 1 aromatic rings. The van der Waals surface area contributed by atoms with Crippen LogP contribution in [0.15, 0.2) is 24.5 Å². The Kier molecular flexibility index (Phi) is 2.36. The zero-order valence-electron chi connectivity index (χ0n) is 7.36. The molecule has 1 aliphatic rings. The van der Waals surface area contributed by atoms with Crippen molar-refractivity contribution in [2.24, 2.45) is 5.92 Å². The van der Waals surface area contributed by atoms with Crippen LogP contribution in [0, 0.1) is 5.92 Å². The standard InChI is InChI=1S/C10H12N2O/c13-10(9-6-12-7-9)5-8-1-3-11-4-2-8/h1-4,9,12H,5-7H2. The number of Topliss-reactive ketones (excluding diaryl/α,β-unsaturated/α-hetero) is 1. The van der Waals surface area contributed by atoms with Crippen molar-refractivity contribution < 1.29 is 4.79 Å². The molecule has 1 aliphatic heterocycles. The smallest absolute Gasteiger partial charge is 0.142 e. The Morgan fingerprint density at radius 1 is 1.46 bits per heavy atom. The van der Waals surface area contributed by atoms with Gasteiger partial charge in [0.15, 0.2) is 0 Å². The Bertz CT molecular complexity index is 293. The van der Waals surface area contributed by atoms with Crippen LogP contribution in [0.25, 0.3) is 0 Å². The lowest BCUT2D eigenvalue weighted by Crippen LogP contribution is -2.47. The van der Waals surface area contributed by atoms with Crippen molar-refractivity contribution in [3.8, 4) is 0 Å². The highest BCUT2D eigenvalue weighted by Gasteiger charge is 2.24. The monoisotopic (exact) mass is 176 g/mol. The predicted molar refractivity (Wildman–Crippen MR) is 49.3 cm³/mol. The van der Waals surface area contributed by atoms with E-state index in [0.717, 1.165) is 18.7 Å². The maximum absolute atomic E-state index is 11.5. The second-order valence-electron chi connectivity index (χ2n) is 3.35. The average molecular weight is 176 g/mol. The molecule has 0 atom stereocenters. The molecule has 0 aliphatic carbocycles. The Morgan fingerprint density at radius 3 is 2.69 bits per heavy atom. The summed E-state index contributed by atoms with van der Waals surface area (Å²) in [5, 5.41) is 3.09. The number of carbonyl (C=O) groups excluding carboxylic acids is 1. The summed E-state index contributed by atoms with van der Waals surface area (Å²) in [7, 11) is 0. The Hall–Kier alpha value is -1.22. The first-order valence-electron chi connectivity index (χ1n) is 4.48. The number of hydrogen-bond donors (Lipinski definition) is 1. The molecule has 0 bridgehead atoms. The number of ketones is 1. The fraction of sp³-hybridized carbons (Fsp3) is 0.400. The molecule has 1 fully saturated rings. The summed E-state index contributed by atoms with van der Waals surface area (Å²) in [6.07, 6.45) is 4.00. The molecule has 0 radical (unpaired) electrons. The second-order valence-corrected chi connectivity index (χ2v) is 3.35. The second kappa shape index (κ2) is 3.66. The molecule has 13 heavy (non-hydrogen) atoms. The third-order valence-corrected chi connectivity index (χ3v) is 2.36. The number of nitrogens with one attached hydrogen (secondary N) is 1. The molecule has 1 saturated heterocycles. The molecule has 0 aromatic carbocycles. The van der Waals surface area contributed by atoms with E-state index in [1.54, 1.807) is 12.4 Å². The van der Waals surface area contributed by atoms with E-state index in [-0.39, 0.29) is 5.92 Å². The van der Waals surface area contributed by atoms with Crippen LogP contribution in [0.5, 0.6) is 0 Å². The predicted octanol–water partition coefficient (Wildman–Crippen LogP) is 0.413. The molecule has 1 N–H and O–H groups in total. The maximum atomic E-state index is 11.5. The van der Waals surface area contributed by atoms with Crippen LogP contribution in [0.1, 0.15) is 5.56 Å². The van der Waals surface area contributed by atoms with Crippen molar-refractivity contribution >= 4 is 5.78 Å². The summed E-state index contributed by atoms with van der Waals surface area (Å²) in [6.45, 7) is 1.70. The number of aromatic nitrogens is 1. The third-order valence-electron chi connectivity index (χ3n) is 2.36. The Morgan fingerprint density at radius 2 is 2.15 bits per heavy atom. The number of hydrogen-bond acceptors (Lipinski definition) is 3. The summed E-state index contributed by atoms with van der Waals surface area (Å²) < 4.78 is 0. The van der Waals surface area contributed by atoms with Crippen molar-refractivity contribution in [1.82, 2.24) is 10.3 Å². The first kappa shape index (κ1) is 8.38. The zero-order valence-corrected chi connectivity index (χ0v) is 7.36. The van der Waals surface area contributed by atoms with Crippen molar-refractivity contribution in [3.05, 3.63) is 30.1 Å².